The van der Waals surface area contributed by atoms with Crippen molar-refractivity contribution in [1.82, 2.24) is 4.98 Å². The van der Waals surface area contributed by atoms with Gasteiger partial charge in [0.05, 0.1) is 5.69 Å². The molecule has 0 unspecified atom stereocenters. The lowest BCUT2D eigenvalue weighted by atomic mass is 10.2. The number of nitrogens with zero attached hydrogens (tertiary/aromatic N) is 1. The van der Waals surface area contributed by atoms with Gasteiger partial charge in [-0.15, -0.1) is 0 Å². The van der Waals surface area contributed by atoms with Crippen molar-refractivity contribution in [2.24, 2.45) is 5.73 Å². The van der Waals surface area contributed by atoms with Gasteiger partial charge in [-0.3, -0.25) is 0 Å². The van der Waals surface area contributed by atoms with Gasteiger partial charge in [-0.1, -0.05) is 0 Å². The molecule has 0 atom stereocenters. The van der Waals surface area contributed by atoms with Crippen molar-refractivity contribution in [3.63, 3.8) is 0 Å². The number of aromatic carboxylic acids is 1. The minimum atomic E-state index is -2.77. The SMILES string of the molecule is NCc1nc(C(=O)O)cc(C(F)F)c1Br. The first-order valence-electron chi connectivity index (χ1n) is 3.88. The number of nitrogens with two attached hydrogens (primary N) is 1. The number of aromatic nitrogens is 1. The zero-order valence-corrected chi connectivity index (χ0v) is 8.96. The van der Waals surface area contributed by atoms with Gasteiger partial charge >= 0.3 is 5.97 Å². The highest BCUT2D eigenvalue weighted by atomic mass is 79.9. The number of carboxylic acids is 1. The maximum atomic E-state index is 12.5. The van der Waals surface area contributed by atoms with E-state index in [-0.39, 0.29) is 16.7 Å². The molecule has 3 N–H and O–H groups in total. The molecular weight excluding hydrogens is 274 g/mol. The molecule has 0 radical (unpaired) electrons. The summed E-state index contributed by atoms with van der Waals surface area (Å²) in [5, 5.41) is 8.64. The molecule has 15 heavy (non-hydrogen) atoms. The average Bonchev–Trinajstić information content (AvgIpc) is 2.17. The number of carbonyl (C=O) groups is 1. The minimum Gasteiger partial charge on any atom is -0.477 e. The van der Waals surface area contributed by atoms with Gasteiger partial charge in [-0.25, -0.2) is 18.6 Å². The molecule has 0 amide bonds. The second kappa shape index (κ2) is 4.63. The maximum absolute atomic E-state index is 12.5. The number of carboxylic acid groups (broad SMARTS) is 1. The summed E-state index contributed by atoms with van der Waals surface area (Å²) in [6.45, 7) is -0.110. The smallest absolute Gasteiger partial charge is 0.354 e. The Labute approximate surface area is 92.2 Å². The van der Waals surface area contributed by atoms with Crippen molar-refractivity contribution in [2.75, 3.05) is 0 Å². The molecule has 1 aromatic rings. The highest BCUT2D eigenvalue weighted by Gasteiger charge is 2.19. The lowest BCUT2D eigenvalue weighted by Gasteiger charge is -2.08. The fourth-order valence-electron chi connectivity index (χ4n) is 1.01. The number of hydrogen-bond donors (Lipinski definition) is 2. The fourth-order valence-corrected chi connectivity index (χ4v) is 1.55. The summed E-state index contributed by atoms with van der Waals surface area (Å²) in [4.78, 5) is 14.2. The molecule has 0 bridgehead atoms. The molecule has 0 fully saturated rings. The van der Waals surface area contributed by atoms with Gasteiger partial charge < -0.3 is 10.8 Å². The fraction of sp³-hybridized carbons (Fsp3) is 0.250. The summed E-state index contributed by atoms with van der Waals surface area (Å²) in [6.07, 6.45) is -2.77. The van der Waals surface area contributed by atoms with Gasteiger partial charge in [-0.05, 0) is 22.0 Å². The second-order valence-electron chi connectivity index (χ2n) is 2.67. The first-order valence-corrected chi connectivity index (χ1v) is 4.67. The Balaban J connectivity index is 3.38. The Morgan fingerprint density at radius 3 is 2.67 bits per heavy atom. The van der Waals surface area contributed by atoms with Crippen molar-refractivity contribution in [1.29, 1.82) is 0 Å². The van der Waals surface area contributed by atoms with Gasteiger partial charge in [0.2, 0.25) is 0 Å². The van der Waals surface area contributed by atoms with Crippen LogP contribution in [0, 0.1) is 0 Å². The van der Waals surface area contributed by atoms with E-state index in [0.717, 1.165) is 6.07 Å². The van der Waals surface area contributed by atoms with Crippen molar-refractivity contribution < 1.29 is 18.7 Å². The minimum absolute atomic E-state index is 0.0602. The van der Waals surface area contributed by atoms with Crippen LogP contribution in [0.3, 0.4) is 0 Å². The number of pyridine rings is 1. The van der Waals surface area contributed by atoms with Gasteiger partial charge in [-0.2, -0.15) is 0 Å². The molecule has 1 heterocycles. The molecule has 0 saturated heterocycles. The third-order valence-corrected chi connectivity index (χ3v) is 2.62. The highest BCUT2D eigenvalue weighted by molar-refractivity contribution is 9.10. The second-order valence-corrected chi connectivity index (χ2v) is 3.46. The van der Waals surface area contributed by atoms with E-state index < -0.39 is 23.7 Å². The van der Waals surface area contributed by atoms with Gasteiger partial charge in [0.1, 0.15) is 5.69 Å². The van der Waals surface area contributed by atoms with E-state index in [9.17, 15) is 13.6 Å². The number of hydrogen-bond acceptors (Lipinski definition) is 3. The Kier molecular flexibility index (Phi) is 3.70. The van der Waals surface area contributed by atoms with E-state index >= 15 is 0 Å². The summed E-state index contributed by atoms with van der Waals surface area (Å²) >= 11 is 2.91. The number of halogens is 3. The van der Waals surface area contributed by atoms with Crippen LogP contribution in [0.2, 0.25) is 0 Å². The van der Waals surface area contributed by atoms with Crippen molar-refractivity contribution >= 4 is 21.9 Å². The van der Waals surface area contributed by atoms with Crippen LogP contribution in [-0.4, -0.2) is 16.1 Å². The molecule has 0 aromatic carbocycles. The maximum Gasteiger partial charge on any atom is 0.354 e. The van der Waals surface area contributed by atoms with Crippen LogP contribution in [0.15, 0.2) is 10.5 Å². The summed E-state index contributed by atoms with van der Waals surface area (Å²) < 4.78 is 25.1. The van der Waals surface area contributed by atoms with E-state index in [1.54, 1.807) is 0 Å². The topological polar surface area (TPSA) is 76.2 Å². The Morgan fingerprint density at radius 1 is 1.67 bits per heavy atom. The first-order chi connectivity index (χ1) is 6.97. The third kappa shape index (κ3) is 2.48. The standard InChI is InChI=1S/C8H7BrF2N2O2/c9-6-3(7(10)11)1-4(8(14)15)13-5(6)2-12/h1,7H,2,12H2,(H,14,15). The lowest BCUT2D eigenvalue weighted by Crippen LogP contribution is -2.09. The largest absolute Gasteiger partial charge is 0.477 e. The Bertz CT molecular complexity index is 398. The average molecular weight is 281 g/mol. The summed E-state index contributed by atoms with van der Waals surface area (Å²) in [5.41, 5.74) is 4.51. The van der Waals surface area contributed by atoms with Crippen molar-refractivity contribution in [3.8, 4) is 0 Å². The zero-order valence-electron chi connectivity index (χ0n) is 7.38. The number of rotatable bonds is 3. The summed E-state index contributed by atoms with van der Waals surface area (Å²) in [7, 11) is 0. The van der Waals surface area contributed by atoms with E-state index in [0.29, 0.717) is 0 Å². The summed E-state index contributed by atoms with van der Waals surface area (Å²) in [6, 6.07) is 0.830. The molecule has 4 nitrogen and oxygen atoms in total. The van der Waals surface area contributed by atoms with Crippen molar-refractivity contribution in [2.45, 2.75) is 13.0 Å². The van der Waals surface area contributed by atoms with Crippen LogP contribution in [0.25, 0.3) is 0 Å². The van der Waals surface area contributed by atoms with Crippen LogP contribution >= 0.6 is 15.9 Å². The Hall–Kier alpha value is -1.08. The van der Waals surface area contributed by atoms with E-state index in [1.807, 2.05) is 0 Å². The molecule has 0 aliphatic rings. The number of alkyl halides is 2. The molecule has 7 heteroatoms. The van der Waals surface area contributed by atoms with E-state index in [1.165, 1.54) is 0 Å². The highest BCUT2D eigenvalue weighted by Crippen LogP contribution is 2.29. The monoisotopic (exact) mass is 280 g/mol. The Morgan fingerprint density at radius 2 is 2.27 bits per heavy atom. The van der Waals surface area contributed by atoms with Crippen LogP contribution in [0.5, 0.6) is 0 Å². The van der Waals surface area contributed by atoms with Crippen LogP contribution in [0.1, 0.15) is 28.2 Å². The van der Waals surface area contributed by atoms with Gasteiger partial charge in [0.15, 0.2) is 0 Å². The predicted molar refractivity (Wildman–Crippen MR) is 51.7 cm³/mol. The van der Waals surface area contributed by atoms with Crippen LogP contribution in [-0.2, 0) is 6.54 Å². The van der Waals surface area contributed by atoms with Crippen LogP contribution in [0.4, 0.5) is 8.78 Å². The van der Waals surface area contributed by atoms with Crippen molar-refractivity contribution in [3.05, 3.63) is 27.5 Å². The molecule has 1 rings (SSSR count). The molecular formula is C8H7BrF2N2O2. The summed E-state index contributed by atoms with van der Waals surface area (Å²) in [5.74, 6) is -1.36. The van der Waals surface area contributed by atoms with E-state index in [4.69, 9.17) is 10.8 Å². The normalized spacial score (nSPS) is 10.7. The molecule has 0 saturated carbocycles. The molecule has 0 aliphatic carbocycles. The predicted octanol–water partition coefficient (Wildman–Crippen LogP) is 1.94. The molecule has 1 aromatic heterocycles. The molecule has 0 aliphatic heterocycles. The third-order valence-electron chi connectivity index (χ3n) is 1.70. The first kappa shape index (κ1) is 12.0. The quantitative estimate of drug-likeness (QED) is 0.887. The van der Waals surface area contributed by atoms with Gasteiger partial charge in [0, 0.05) is 16.6 Å². The van der Waals surface area contributed by atoms with Gasteiger partial charge in [0.25, 0.3) is 6.43 Å². The molecule has 82 valence electrons. The molecule has 0 spiro atoms. The zero-order chi connectivity index (χ0) is 11.6. The lowest BCUT2D eigenvalue weighted by molar-refractivity contribution is 0.0689. The van der Waals surface area contributed by atoms with E-state index in [2.05, 4.69) is 20.9 Å². The van der Waals surface area contributed by atoms with Crippen LogP contribution < -0.4 is 5.73 Å².